The summed E-state index contributed by atoms with van der Waals surface area (Å²) in [5, 5.41) is 0. The summed E-state index contributed by atoms with van der Waals surface area (Å²) in [6, 6.07) is 4.27. The van der Waals surface area contributed by atoms with Gasteiger partial charge < -0.3 is 9.64 Å². The van der Waals surface area contributed by atoms with Crippen LogP contribution in [0.3, 0.4) is 0 Å². The number of rotatable bonds is 4. The Labute approximate surface area is 132 Å². The van der Waals surface area contributed by atoms with Crippen molar-refractivity contribution in [3.63, 3.8) is 0 Å². The lowest BCUT2D eigenvalue weighted by Gasteiger charge is -2.20. The Hall–Kier alpha value is -2.51. The molecule has 1 atom stereocenters. The highest BCUT2D eigenvalue weighted by Gasteiger charge is 2.34. The normalized spacial score (nSPS) is 21.2. The van der Waals surface area contributed by atoms with Gasteiger partial charge in [-0.15, -0.1) is 0 Å². The second-order valence-electron chi connectivity index (χ2n) is 5.54. The van der Waals surface area contributed by atoms with Gasteiger partial charge in [-0.25, -0.2) is 0 Å². The molecule has 122 valence electrons. The van der Waals surface area contributed by atoms with Gasteiger partial charge in [0, 0.05) is 31.9 Å². The number of carbonyl (C=O) groups excluding carboxylic acids is 3. The fourth-order valence-electron chi connectivity index (χ4n) is 2.71. The van der Waals surface area contributed by atoms with Crippen LogP contribution in [0.25, 0.3) is 0 Å². The number of pyridine rings is 1. The maximum absolute atomic E-state index is 13.0. The quantitative estimate of drug-likeness (QED) is 0.590. The zero-order chi connectivity index (χ0) is 16.4. The number of imide groups is 1. The number of likely N-dealkylation sites (tertiary alicyclic amines) is 2. The van der Waals surface area contributed by atoms with E-state index in [0.717, 1.165) is 4.90 Å². The van der Waals surface area contributed by atoms with E-state index in [9.17, 15) is 18.8 Å². The number of nitrogens with zero attached hydrogens (tertiary/aromatic N) is 3. The molecular weight excluding hydrogens is 305 g/mol. The molecule has 1 aromatic rings. The Morgan fingerprint density at radius 1 is 1.30 bits per heavy atom. The molecule has 1 aromatic heterocycles. The molecule has 0 saturated carbocycles. The average molecular weight is 321 g/mol. The molecule has 0 aromatic carbocycles. The van der Waals surface area contributed by atoms with Gasteiger partial charge in [-0.05, 0) is 6.07 Å². The molecule has 0 spiro atoms. The summed E-state index contributed by atoms with van der Waals surface area (Å²) in [6.07, 6.45) is 0.649. The molecule has 0 N–H and O–H groups in total. The molecule has 2 saturated heterocycles. The van der Waals surface area contributed by atoms with E-state index < -0.39 is 5.95 Å². The monoisotopic (exact) mass is 321 g/mol. The fourth-order valence-corrected chi connectivity index (χ4v) is 2.71. The summed E-state index contributed by atoms with van der Waals surface area (Å²) in [7, 11) is 0. The Kier molecular flexibility index (Phi) is 4.22. The number of halogens is 1. The maximum Gasteiger partial charge on any atom is 0.242 e. The van der Waals surface area contributed by atoms with Crippen molar-refractivity contribution < 1.29 is 23.5 Å². The van der Waals surface area contributed by atoms with Gasteiger partial charge in [-0.2, -0.15) is 9.37 Å². The second kappa shape index (κ2) is 6.31. The first-order valence-corrected chi connectivity index (χ1v) is 7.43. The van der Waals surface area contributed by atoms with E-state index in [-0.39, 0.29) is 49.1 Å². The van der Waals surface area contributed by atoms with E-state index in [1.165, 1.54) is 12.1 Å². The van der Waals surface area contributed by atoms with Crippen molar-refractivity contribution in [2.24, 2.45) is 0 Å². The summed E-state index contributed by atoms with van der Waals surface area (Å²) >= 11 is 0. The third kappa shape index (κ3) is 3.46. The van der Waals surface area contributed by atoms with Crippen molar-refractivity contribution in [2.75, 3.05) is 19.6 Å². The van der Waals surface area contributed by atoms with Crippen molar-refractivity contribution in [1.29, 1.82) is 0 Å². The topological polar surface area (TPSA) is 79.8 Å². The van der Waals surface area contributed by atoms with E-state index in [0.29, 0.717) is 19.5 Å². The van der Waals surface area contributed by atoms with Crippen LogP contribution in [0, 0.1) is 5.95 Å². The van der Waals surface area contributed by atoms with Crippen molar-refractivity contribution in [2.45, 2.75) is 25.4 Å². The highest BCUT2D eigenvalue weighted by atomic mass is 19.1. The Morgan fingerprint density at radius 3 is 2.74 bits per heavy atom. The Morgan fingerprint density at radius 2 is 2.04 bits per heavy atom. The van der Waals surface area contributed by atoms with Crippen LogP contribution in [0.15, 0.2) is 18.2 Å². The van der Waals surface area contributed by atoms with Crippen molar-refractivity contribution in [3.05, 3.63) is 24.1 Å². The molecule has 2 aliphatic heterocycles. The number of hydrogen-bond donors (Lipinski definition) is 0. The van der Waals surface area contributed by atoms with E-state index in [2.05, 4.69) is 4.98 Å². The summed E-state index contributed by atoms with van der Waals surface area (Å²) < 4.78 is 18.6. The standard InChI is InChI=1S/C15H16FN3O4/c16-11-2-1-3-12(17-11)23-10-6-7-18(8-10)15(22)9-19-13(20)4-5-14(19)21/h1-3,10H,4-9H2. The van der Waals surface area contributed by atoms with Gasteiger partial charge in [0.2, 0.25) is 29.5 Å². The van der Waals surface area contributed by atoms with Gasteiger partial charge in [0.15, 0.2) is 0 Å². The minimum atomic E-state index is -0.625. The van der Waals surface area contributed by atoms with Crippen LogP contribution in [0.5, 0.6) is 5.88 Å². The van der Waals surface area contributed by atoms with Gasteiger partial charge in [0.1, 0.15) is 12.6 Å². The van der Waals surface area contributed by atoms with Crippen LogP contribution >= 0.6 is 0 Å². The van der Waals surface area contributed by atoms with Crippen LogP contribution in [0.1, 0.15) is 19.3 Å². The largest absolute Gasteiger partial charge is 0.472 e. The van der Waals surface area contributed by atoms with E-state index >= 15 is 0 Å². The highest BCUT2D eigenvalue weighted by molar-refractivity contribution is 6.04. The molecule has 1 unspecified atom stereocenters. The minimum Gasteiger partial charge on any atom is -0.472 e. The zero-order valence-corrected chi connectivity index (χ0v) is 12.4. The number of hydrogen-bond acceptors (Lipinski definition) is 5. The number of aromatic nitrogens is 1. The van der Waals surface area contributed by atoms with Crippen molar-refractivity contribution >= 4 is 17.7 Å². The van der Waals surface area contributed by atoms with Crippen molar-refractivity contribution in [1.82, 2.24) is 14.8 Å². The molecule has 3 rings (SSSR count). The lowest BCUT2D eigenvalue weighted by atomic mass is 10.3. The van der Waals surface area contributed by atoms with Gasteiger partial charge >= 0.3 is 0 Å². The lowest BCUT2D eigenvalue weighted by Crippen LogP contribution is -2.42. The fraction of sp³-hybridized carbons (Fsp3) is 0.467. The van der Waals surface area contributed by atoms with Crippen LogP contribution in [0.2, 0.25) is 0 Å². The molecule has 3 amide bonds. The summed E-state index contributed by atoms with van der Waals surface area (Å²) in [5.74, 6) is -1.35. The minimum absolute atomic E-state index is 0.170. The number of ether oxygens (including phenoxy) is 1. The lowest BCUT2D eigenvalue weighted by molar-refractivity contribution is -0.145. The van der Waals surface area contributed by atoms with E-state index in [1.54, 1.807) is 11.0 Å². The molecule has 3 heterocycles. The average Bonchev–Trinajstić information content (AvgIpc) is 3.09. The molecular formula is C15H16FN3O4. The van der Waals surface area contributed by atoms with Crippen LogP contribution in [0.4, 0.5) is 4.39 Å². The summed E-state index contributed by atoms with van der Waals surface area (Å²) in [4.78, 5) is 41.4. The number of carbonyl (C=O) groups is 3. The Bertz CT molecular complexity index is 635. The predicted molar refractivity (Wildman–Crippen MR) is 75.8 cm³/mol. The molecule has 0 bridgehead atoms. The molecule has 23 heavy (non-hydrogen) atoms. The van der Waals surface area contributed by atoms with E-state index in [4.69, 9.17) is 4.74 Å². The highest BCUT2D eigenvalue weighted by Crippen LogP contribution is 2.18. The third-order valence-electron chi connectivity index (χ3n) is 3.92. The van der Waals surface area contributed by atoms with Gasteiger partial charge in [-0.1, -0.05) is 6.07 Å². The van der Waals surface area contributed by atoms with Gasteiger partial charge in [-0.3, -0.25) is 19.3 Å². The first kappa shape index (κ1) is 15.4. The van der Waals surface area contributed by atoms with Crippen LogP contribution in [-0.2, 0) is 14.4 Å². The molecule has 0 radical (unpaired) electrons. The van der Waals surface area contributed by atoms with Crippen LogP contribution < -0.4 is 4.74 Å². The van der Waals surface area contributed by atoms with E-state index in [1.807, 2.05) is 0 Å². The van der Waals surface area contributed by atoms with Gasteiger partial charge in [0.25, 0.3) is 0 Å². The third-order valence-corrected chi connectivity index (χ3v) is 3.92. The molecule has 2 aliphatic rings. The Balaban J connectivity index is 1.54. The molecule has 0 aliphatic carbocycles. The molecule has 7 nitrogen and oxygen atoms in total. The van der Waals surface area contributed by atoms with Crippen molar-refractivity contribution in [3.8, 4) is 5.88 Å². The predicted octanol–water partition coefficient (Wildman–Crippen LogP) is 0.349. The maximum atomic E-state index is 13.0. The number of amides is 3. The summed E-state index contributed by atoms with van der Waals surface area (Å²) in [5.41, 5.74) is 0. The smallest absolute Gasteiger partial charge is 0.242 e. The van der Waals surface area contributed by atoms with Crippen LogP contribution in [-0.4, -0.2) is 58.2 Å². The molecule has 8 heteroatoms. The van der Waals surface area contributed by atoms with Gasteiger partial charge in [0.05, 0.1) is 6.54 Å². The first-order chi connectivity index (χ1) is 11.0. The zero-order valence-electron chi connectivity index (χ0n) is 12.4. The molecule has 2 fully saturated rings. The summed E-state index contributed by atoms with van der Waals surface area (Å²) in [6.45, 7) is 0.574. The first-order valence-electron chi connectivity index (χ1n) is 7.43. The second-order valence-corrected chi connectivity index (χ2v) is 5.54. The SMILES string of the molecule is O=C(CN1C(=O)CCC1=O)N1CCC(Oc2cccc(F)n2)C1.